The number of aryl methyl sites for hydroxylation is 1. The molecule has 0 spiro atoms. The number of hydrogen-bond acceptors (Lipinski definition) is 1. The van der Waals surface area contributed by atoms with E-state index in [0.717, 1.165) is 17.7 Å². The molecule has 0 radical (unpaired) electrons. The Balaban J connectivity index is 1.98. The molecule has 0 heterocycles. The van der Waals surface area contributed by atoms with E-state index >= 15 is 0 Å². The highest BCUT2D eigenvalue weighted by atomic mass is 35.5. The van der Waals surface area contributed by atoms with Crippen LogP contribution in [-0.4, -0.2) is 5.88 Å². The predicted octanol–water partition coefficient (Wildman–Crippen LogP) is 5.39. The third-order valence-corrected chi connectivity index (χ3v) is 3.61. The standard InChI is InChI=1S/C15H14Cl3N/c16-8-7-11-1-5-14(6-2-11)19-10-12-3-4-13(17)9-15(12)18/h1-6,9,19H,7-8,10H2. The van der Waals surface area contributed by atoms with E-state index in [9.17, 15) is 0 Å². The number of anilines is 1. The van der Waals surface area contributed by atoms with Gasteiger partial charge in [-0.2, -0.15) is 0 Å². The summed E-state index contributed by atoms with van der Waals surface area (Å²) in [5.74, 6) is 0.646. The number of alkyl halides is 1. The van der Waals surface area contributed by atoms with Gasteiger partial charge in [0, 0.05) is 28.2 Å². The molecule has 0 fully saturated rings. The highest BCUT2D eigenvalue weighted by Gasteiger charge is 2.01. The highest BCUT2D eigenvalue weighted by Crippen LogP contribution is 2.22. The molecule has 0 saturated carbocycles. The summed E-state index contributed by atoms with van der Waals surface area (Å²) >= 11 is 17.7. The van der Waals surface area contributed by atoms with Gasteiger partial charge < -0.3 is 5.32 Å². The van der Waals surface area contributed by atoms with Crippen LogP contribution in [0.3, 0.4) is 0 Å². The molecule has 0 aliphatic rings. The van der Waals surface area contributed by atoms with E-state index < -0.39 is 0 Å². The molecule has 2 rings (SSSR count). The number of benzene rings is 2. The first kappa shape index (κ1) is 14.5. The molecule has 0 aliphatic heterocycles. The van der Waals surface area contributed by atoms with Crippen molar-refractivity contribution < 1.29 is 0 Å². The van der Waals surface area contributed by atoms with Crippen LogP contribution < -0.4 is 5.32 Å². The third kappa shape index (κ3) is 4.31. The molecule has 0 saturated heterocycles. The molecule has 0 bridgehead atoms. The molecule has 2 aromatic rings. The van der Waals surface area contributed by atoms with Crippen LogP contribution in [0.2, 0.25) is 10.0 Å². The fourth-order valence-corrected chi connectivity index (χ4v) is 2.45. The summed E-state index contributed by atoms with van der Waals surface area (Å²) in [4.78, 5) is 0. The lowest BCUT2D eigenvalue weighted by Gasteiger charge is -2.09. The number of hydrogen-bond donors (Lipinski definition) is 1. The predicted molar refractivity (Wildman–Crippen MR) is 84.7 cm³/mol. The smallest absolute Gasteiger partial charge is 0.0470 e. The quantitative estimate of drug-likeness (QED) is 0.730. The Bertz CT molecular complexity index is 538. The van der Waals surface area contributed by atoms with Crippen LogP contribution >= 0.6 is 34.8 Å². The second-order valence-corrected chi connectivity index (χ2v) is 5.45. The van der Waals surface area contributed by atoms with E-state index in [1.807, 2.05) is 24.3 Å². The zero-order chi connectivity index (χ0) is 13.7. The van der Waals surface area contributed by atoms with Crippen molar-refractivity contribution in [1.29, 1.82) is 0 Å². The van der Waals surface area contributed by atoms with Gasteiger partial charge in [-0.15, -0.1) is 11.6 Å². The molecule has 2 aromatic carbocycles. The Kier molecular flexibility index (Phi) is 5.38. The van der Waals surface area contributed by atoms with Gasteiger partial charge in [-0.3, -0.25) is 0 Å². The van der Waals surface area contributed by atoms with Gasteiger partial charge in [-0.25, -0.2) is 0 Å². The van der Waals surface area contributed by atoms with Crippen molar-refractivity contribution in [2.24, 2.45) is 0 Å². The lowest BCUT2D eigenvalue weighted by molar-refractivity contribution is 1.13. The van der Waals surface area contributed by atoms with Crippen LogP contribution in [0.4, 0.5) is 5.69 Å². The van der Waals surface area contributed by atoms with Crippen molar-refractivity contribution >= 4 is 40.5 Å². The Morgan fingerprint density at radius 3 is 2.32 bits per heavy atom. The summed E-state index contributed by atoms with van der Waals surface area (Å²) in [6, 6.07) is 13.8. The fraction of sp³-hybridized carbons (Fsp3) is 0.200. The average molecular weight is 315 g/mol. The first-order chi connectivity index (χ1) is 9.19. The number of rotatable bonds is 5. The minimum atomic E-state index is 0.646. The SMILES string of the molecule is ClCCc1ccc(NCc2ccc(Cl)cc2Cl)cc1. The molecule has 1 nitrogen and oxygen atoms in total. The lowest BCUT2D eigenvalue weighted by atomic mass is 10.1. The molecule has 0 amide bonds. The van der Waals surface area contributed by atoms with Gasteiger partial charge in [0.1, 0.15) is 0 Å². The van der Waals surface area contributed by atoms with Crippen molar-refractivity contribution in [3.8, 4) is 0 Å². The van der Waals surface area contributed by atoms with Crippen LogP contribution in [0.1, 0.15) is 11.1 Å². The third-order valence-electron chi connectivity index (χ3n) is 2.84. The van der Waals surface area contributed by atoms with Crippen molar-refractivity contribution in [2.75, 3.05) is 11.2 Å². The number of halogens is 3. The minimum Gasteiger partial charge on any atom is -0.381 e. The minimum absolute atomic E-state index is 0.646. The molecular formula is C15H14Cl3N. The summed E-state index contributed by atoms with van der Waals surface area (Å²) < 4.78 is 0. The molecule has 0 atom stereocenters. The molecule has 1 N–H and O–H groups in total. The van der Waals surface area contributed by atoms with Crippen molar-refractivity contribution in [1.82, 2.24) is 0 Å². The van der Waals surface area contributed by atoms with Crippen molar-refractivity contribution in [3.63, 3.8) is 0 Å². The molecule has 4 heteroatoms. The molecular weight excluding hydrogens is 301 g/mol. The summed E-state index contributed by atoms with van der Waals surface area (Å²) in [5, 5.41) is 4.66. The normalized spacial score (nSPS) is 10.5. The first-order valence-corrected chi connectivity index (χ1v) is 7.31. The van der Waals surface area contributed by atoms with Gasteiger partial charge in [0.15, 0.2) is 0 Å². The summed E-state index contributed by atoms with van der Waals surface area (Å²) in [6.07, 6.45) is 0.894. The summed E-state index contributed by atoms with van der Waals surface area (Å²) in [5.41, 5.74) is 3.32. The van der Waals surface area contributed by atoms with E-state index in [1.54, 1.807) is 6.07 Å². The zero-order valence-corrected chi connectivity index (χ0v) is 12.6. The van der Waals surface area contributed by atoms with E-state index in [4.69, 9.17) is 34.8 Å². The van der Waals surface area contributed by atoms with Crippen LogP contribution in [0.5, 0.6) is 0 Å². The topological polar surface area (TPSA) is 12.0 Å². The van der Waals surface area contributed by atoms with Gasteiger partial charge in [0.2, 0.25) is 0 Å². The second-order valence-electron chi connectivity index (χ2n) is 4.23. The van der Waals surface area contributed by atoms with Crippen LogP contribution in [0, 0.1) is 0 Å². The Morgan fingerprint density at radius 1 is 0.947 bits per heavy atom. The molecule has 0 aromatic heterocycles. The largest absolute Gasteiger partial charge is 0.381 e. The van der Waals surface area contributed by atoms with E-state index in [0.29, 0.717) is 22.5 Å². The first-order valence-electron chi connectivity index (χ1n) is 6.02. The maximum absolute atomic E-state index is 6.12. The molecule has 19 heavy (non-hydrogen) atoms. The molecule has 100 valence electrons. The monoisotopic (exact) mass is 313 g/mol. The van der Waals surface area contributed by atoms with Gasteiger partial charge in [-0.05, 0) is 41.8 Å². The maximum atomic E-state index is 6.12. The maximum Gasteiger partial charge on any atom is 0.0470 e. The second kappa shape index (κ2) is 7.04. The van der Waals surface area contributed by atoms with E-state index in [-0.39, 0.29) is 0 Å². The number of nitrogens with one attached hydrogen (secondary N) is 1. The van der Waals surface area contributed by atoms with Gasteiger partial charge >= 0.3 is 0 Å². The fourth-order valence-electron chi connectivity index (χ4n) is 1.76. The Hall–Kier alpha value is -0.890. The van der Waals surface area contributed by atoms with Crippen LogP contribution in [0.25, 0.3) is 0 Å². The van der Waals surface area contributed by atoms with Gasteiger partial charge in [-0.1, -0.05) is 41.4 Å². The van der Waals surface area contributed by atoms with Gasteiger partial charge in [0.25, 0.3) is 0 Å². The van der Waals surface area contributed by atoms with E-state index in [2.05, 4.69) is 17.4 Å². The zero-order valence-electron chi connectivity index (χ0n) is 10.3. The van der Waals surface area contributed by atoms with E-state index in [1.165, 1.54) is 5.56 Å². The average Bonchev–Trinajstić information content (AvgIpc) is 2.40. The van der Waals surface area contributed by atoms with Gasteiger partial charge in [0.05, 0.1) is 0 Å². The van der Waals surface area contributed by atoms with Crippen LogP contribution in [0.15, 0.2) is 42.5 Å². The Labute approximate surface area is 128 Å². The highest BCUT2D eigenvalue weighted by molar-refractivity contribution is 6.35. The molecule has 0 aliphatic carbocycles. The molecule has 0 unspecified atom stereocenters. The van der Waals surface area contributed by atoms with Crippen molar-refractivity contribution in [2.45, 2.75) is 13.0 Å². The lowest BCUT2D eigenvalue weighted by Crippen LogP contribution is -2.00. The van der Waals surface area contributed by atoms with Crippen LogP contribution in [-0.2, 0) is 13.0 Å². The Morgan fingerprint density at radius 2 is 1.68 bits per heavy atom. The summed E-state index contributed by atoms with van der Waals surface area (Å²) in [6.45, 7) is 0.671. The summed E-state index contributed by atoms with van der Waals surface area (Å²) in [7, 11) is 0. The van der Waals surface area contributed by atoms with Crippen molar-refractivity contribution in [3.05, 3.63) is 63.6 Å².